The van der Waals surface area contributed by atoms with Crippen LogP contribution in [0.3, 0.4) is 0 Å². The standard InChI is InChI=1S/C15H23ClN2O2/c1-2-3-4-5-6-7-10-17-12-13-8-9-14(16)11-15(13)18(19)20/h8-9,11,17H,2-7,10,12H2,1H3. The normalized spacial score (nSPS) is 10.7. The van der Waals surface area contributed by atoms with Crippen LogP contribution < -0.4 is 5.32 Å². The maximum absolute atomic E-state index is 10.9. The monoisotopic (exact) mass is 298 g/mol. The van der Waals surface area contributed by atoms with E-state index >= 15 is 0 Å². The molecule has 112 valence electrons. The Morgan fingerprint density at radius 2 is 1.90 bits per heavy atom. The predicted octanol–water partition coefficient (Wildman–Crippen LogP) is 4.70. The highest BCUT2D eigenvalue weighted by atomic mass is 35.5. The molecular formula is C15H23ClN2O2. The van der Waals surface area contributed by atoms with Crippen LogP contribution >= 0.6 is 11.6 Å². The molecule has 1 aromatic carbocycles. The lowest BCUT2D eigenvalue weighted by Crippen LogP contribution is -2.15. The Morgan fingerprint density at radius 1 is 1.20 bits per heavy atom. The van der Waals surface area contributed by atoms with Gasteiger partial charge in [0.25, 0.3) is 5.69 Å². The van der Waals surface area contributed by atoms with E-state index in [0.717, 1.165) is 13.0 Å². The second kappa shape index (κ2) is 9.72. The molecule has 1 aromatic rings. The molecule has 5 heteroatoms. The van der Waals surface area contributed by atoms with E-state index in [4.69, 9.17) is 11.6 Å². The molecule has 0 bridgehead atoms. The molecule has 0 atom stereocenters. The summed E-state index contributed by atoms with van der Waals surface area (Å²) in [6.45, 7) is 3.62. The predicted molar refractivity (Wildman–Crippen MR) is 83.2 cm³/mol. The number of rotatable bonds is 10. The van der Waals surface area contributed by atoms with Crippen molar-refractivity contribution in [1.29, 1.82) is 0 Å². The first-order valence-electron chi connectivity index (χ1n) is 7.28. The van der Waals surface area contributed by atoms with E-state index in [-0.39, 0.29) is 10.6 Å². The Balaban J connectivity index is 2.27. The molecule has 0 saturated carbocycles. The van der Waals surface area contributed by atoms with Gasteiger partial charge in [-0.05, 0) is 25.1 Å². The smallest absolute Gasteiger partial charge is 0.275 e. The minimum atomic E-state index is -0.381. The zero-order valence-electron chi connectivity index (χ0n) is 12.0. The van der Waals surface area contributed by atoms with Gasteiger partial charge >= 0.3 is 0 Å². The van der Waals surface area contributed by atoms with Crippen LogP contribution in [-0.2, 0) is 6.54 Å². The molecule has 0 unspecified atom stereocenters. The summed E-state index contributed by atoms with van der Waals surface area (Å²) < 4.78 is 0. The van der Waals surface area contributed by atoms with Gasteiger partial charge in [0.15, 0.2) is 0 Å². The molecule has 0 amide bonds. The summed E-state index contributed by atoms with van der Waals surface area (Å²) >= 11 is 5.78. The summed E-state index contributed by atoms with van der Waals surface area (Å²) in [6, 6.07) is 4.81. The van der Waals surface area contributed by atoms with Crippen LogP contribution in [0.4, 0.5) is 5.69 Å². The summed E-state index contributed by atoms with van der Waals surface area (Å²) in [4.78, 5) is 10.5. The van der Waals surface area contributed by atoms with Crippen LogP contribution in [0.1, 0.15) is 51.0 Å². The van der Waals surface area contributed by atoms with E-state index in [1.54, 1.807) is 12.1 Å². The number of hydrogen-bond acceptors (Lipinski definition) is 3. The molecule has 0 heterocycles. The largest absolute Gasteiger partial charge is 0.312 e. The molecule has 0 fully saturated rings. The highest BCUT2D eigenvalue weighted by Gasteiger charge is 2.13. The van der Waals surface area contributed by atoms with Crippen LogP contribution in [0.25, 0.3) is 0 Å². The Hall–Kier alpha value is -1.13. The fraction of sp³-hybridized carbons (Fsp3) is 0.600. The number of nitrogens with one attached hydrogen (secondary N) is 1. The van der Waals surface area contributed by atoms with Crippen molar-refractivity contribution in [3.8, 4) is 0 Å². The molecule has 0 spiro atoms. The third-order valence-electron chi connectivity index (χ3n) is 3.27. The number of benzene rings is 1. The zero-order chi connectivity index (χ0) is 14.8. The van der Waals surface area contributed by atoms with E-state index < -0.39 is 0 Å². The quantitative estimate of drug-likeness (QED) is 0.387. The summed E-state index contributed by atoms with van der Waals surface area (Å²) in [7, 11) is 0. The highest BCUT2D eigenvalue weighted by molar-refractivity contribution is 6.30. The van der Waals surface area contributed by atoms with Crippen LogP contribution in [0.2, 0.25) is 5.02 Å². The molecule has 1 N–H and O–H groups in total. The number of nitro groups is 1. The highest BCUT2D eigenvalue weighted by Crippen LogP contribution is 2.22. The Labute approximate surface area is 125 Å². The maximum Gasteiger partial charge on any atom is 0.275 e. The van der Waals surface area contributed by atoms with Gasteiger partial charge in [-0.2, -0.15) is 0 Å². The fourth-order valence-corrected chi connectivity index (χ4v) is 2.28. The molecule has 0 aliphatic heterocycles. The van der Waals surface area contributed by atoms with E-state index in [2.05, 4.69) is 12.2 Å². The van der Waals surface area contributed by atoms with Crippen molar-refractivity contribution in [2.24, 2.45) is 0 Å². The van der Waals surface area contributed by atoms with Gasteiger partial charge in [-0.1, -0.05) is 50.6 Å². The molecule has 20 heavy (non-hydrogen) atoms. The Kier molecular flexibility index (Phi) is 8.23. The summed E-state index contributed by atoms with van der Waals surface area (Å²) in [5, 5.41) is 14.6. The fourth-order valence-electron chi connectivity index (χ4n) is 2.11. The van der Waals surface area contributed by atoms with Gasteiger partial charge in [-0.25, -0.2) is 0 Å². The van der Waals surface area contributed by atoms with Crippen LogP contribution in [0.5, 0.6) is 0 Å². The average molecular weight is 299 g/mol. The van der Waals surface area contributed by atoms with Crippen molar-refractivity contribution in [1.82, 2.24) is 5.32 Å². The van der Waals surface area contributed by atoms with Crippen molar-refractivity contribution in [3.05, 3.63) is 38.9 Å². The Morgan fingerprint density at radius 3 is 2.60 bits per heavy atom. The van der Waals surface area contributed by atoms with Gasteiger partial charge in [0.1, 0.15) is 0 Å². The third kappa shape index (κ3) is 6.35. The average Bonchev–Trinajstić information content (AvgIpc) is 2.43. The van der Waals surface area contributed by atoms with E-state index in [1.165, 1.54) is 38.2 Å². The number of nitro benzene ring substituents is 1. The minimum absolute atomic E-state index is 0.0907. The van der Waals surface area contributed by atoms with Crippen LogP contribution in [0.15, 0.2) is 18.2 Å². The summed E-state index contributed by atoms with van der Waals surface area (Å²) in [6.07, 6.45) is 7.49. The van der Waals surface area contributed by atoms with Crippen LogP contribution in [-0.4, -0.2) is 11.5 Å². The number of nitrogens with zero attached hydrogens (tertiary/aromatic N) is 1. The van der Waals surface area contributed by atoms with Crippen molar-refractivity contribution in [3.63, 3.8) is 0 Å². The third-order valence-corrected chi connectivity index (χ3v) is 3.50. The number of hydrogen-bond donors (Lipinski definition) is 1. The lowest BCUT2D eigenvalue weighted by atomic mass is 10.1. The molecule has 0 saturated heterocycles. The molecule has 0 aliphatic carbocycles. The van der Waals surface area contributed by atoms with Gasteiger partial charge < -0.3 is 5.32 Å². The van der Waals surface area contributed by atoms with E-state index in [1.807, 2.05) is 0 Å². The minimum Gasteiger partial charge on any atom is -0.312 e. The Bertz CT molecular complexity index is 424. The molecule has 0 aliphatic rings. The first-order valence-corrected chi connectivity index (χ1v) is 7.66. The molecule has 1 rings (SSSR count). The van der Waals surface area contributed by atoms with E-state index in [9.17, 15) is 10.1 Å². The van der Waals surface area contributed by atoms with Gasteiger partial charge in [0.05, 0.1) is 4.92 Å². The lowest BCUT2D eigenvalue weighted by molar-refractivity contribution is -0.385. The SMILES string of the molecule is CCCCCCCCNCc1ccc(Cl)cc1[N+](=O)[O-]. The first kappa shape index (κ1) is 16.9. The van der Waals surface area contributed by atoms with Crippen molar-refractivity contribution in [2.75, 3.05) is 6.54 Å². The molecule has 4 nitrogen and oxygen atoms in total. The number of unbranched alkanes of at least 4 members (excludes halogenated alkanes) is 5. The first-order chi connectivity index (χ1) is 9.65. The van der Waals surface area contributed by atoms with Crippen molar-refractivity contribution >= 4 is 17.3 Å². The molecule has 0 radical (unpaired) electrons. The maximum atomic E-state index is 10.9. The summed E-state index contributed by atoms with van der Waals surface area (Å²) in [5.74, 6) is 0. The zero-order valence-corrected chi connectivity index (χ0v) is 12.8. The van der Waals surface area contributed by atoms with Gasteiger partial charge in [-0.15, -0.1) is 0 Å². The van der Waals surface area contributed by atoms with Crippen LogP contribution in [0, 0.1) is 10.1 Å². The second-order valence-corrected chi connectivity index (χ2v) is 5.41. The topological polar surface area (TPSA) is 55.2 Å². The van der Waals surface area contributed by atoms with Gasteiger partial charge in [0, 0.05) is 23.2 Å². The van der Waals surface area contributed by atoms with Gasteiger partial charge in [0.2, 0.25) is 0 Å². The second-order valence-electron chi connectivity index (χ2n) is 4.97. The van der Waals surface area contributed by atoms with E-state index in [0.29, 0.717) is 17.1 Å². The number of halogens is 1. The summed E-state index contributed by atoms with van der Waals surface area (Å²) in [5.41, 5.74) is 0.776. The van der Waals surface area contributed by atoms with Gasteiger partial charge in [-0.3, -0.25) is 10.1 Å². The molecular weight excluding hydrogens is 276 g/mol. The van der Waals surface area contributed by atoms with Crippen molar-refractivity contribution < 1.29 is 4.92 Å². The lowest BCUT2D eigenvalue weighted by Gasteiger charge is -2.06. The molecule has 0 aromatic heterocycles. The van der Waals surface area contributed by atoms with Crippen molar-refractivity contribution in [2.45, 2.75) is 52.0 Å².